The lowest BCUT2D eigenvalue weighted by atomic mass is 9.99. The van der Waals surface area contributed by atoms with Crippen molar-refractivity contribution in [2.75, 3.05) is 6.54 Å². The number of urea groups is 1. The molecule has 0 aromatic heterocycles. The van der Waals surface area contributed by atoms with E-state index in [0.717, 1.165) is 25.7 Å². The number of amides is 4. The van der Waals surface area contributed by atoms with Crippen LogP contribution in [0.5, 0.6) is 0 Å². The number of barbiturate groups is 1. The fraction of sp³-hybridized carbons (Fsp3) is 0.786. The largest absolute Gasteiger partial charge is 0.330 e. The average Bonchev–Trinajstić information content (AvgIpc) is 2.33. The zero-order valence-corrected chi connectivity index (χ0v) is 12.1. The van der Waals surface area contributed by atoms with Gasteiger partial charge in [0.2, 0.25) is 11.8 Å². The zero-order chi connectivity index (χ0) is 14.4. The highest BCUT2D eigenvalue weighted by molar-refractivity contribution is 6.16. The number of carbonyl (C=O) groups is 3. The highest BCUT2D eigenvalue weighted by Gasteiger charge is 2.39. The first-order valence-electron chi connectivity index (χ1n) is 7.13. The molecule has 1 rings (SSSR count). The van der Waals surface area contributed by atoms with E-state index in [1.807, 2.05) is 6.92 Å². The van der Waals surface area contributed by atoms with Crippen LogP contribution in [0.1, 0.15) is 52.9 Å². The summed E-state index contributed by atoms with van der Waals surface area (Å²) in [5, 5.41) is 2.27. The van der Waals surface area contributed by atoms with E-state index in [2.05, 4.69) is 19.2 Å². The van der Waals surface area contributed by atoms with Gasteiger partial charge in [-0.25, -0.2) is 4.79 Å². The van der Waals surface area contributed by atoms with Crippen LogP contribution in [0.25, 0.3) is 0 Å². The van der Waals surface area contributed by atoms with E-state index in [9.17, 15) is 14.4 Å². The number of carbonyl (C=O) groups excluding carboxylic acids is 3. The molecule has 0 spiro atoms. The summed E-state index contributed by atoms with van der Waals surface area (Å²) in [6, 6.07) is -0.563. The van der Waals surface area contributed by atoms with Crippen molar-refractivity contribution in [1.29, 1.82) is 0 Å². The maximum Gasteiger partial charge on any atom is 0.330 e. The van der Waals surface area contributed by atoms with Crippen molar-refractivity contribution in [2.24, 2.45) is 11.8 Å². The molecule has 1 heterocycles. The van der Waals surface area contributed by atoms with Gasteiger partial charge in [-0.3, -0.25) is 19.8 Å². The second-order valence-corrected chi connectivity index (χ2v) is 5.52. The number of nitrogens with one attached hydrogen (secondary N) is 1. The van der Waals surface area contributed by atoms with Crippen molar-refractivity contribution in [3.8, 4) is 0 Å². The third-order valence-corrected chi connectivity index (χ3v) is 3.35. The first-order valence-corrected chi connectivity index (χ1v) is 7.13. The Morgan fingerprint density at radius 3 is 2.47 bits per heavy atom. The average molecular weight is 268 g/mol. The Labute approximate surface area is 114 Å². The lowest BCUT2D eigenvalue weighted by Gasteiger charge is -2.30. The molecule has 5 nitrogen and oxygen atoms in total. The molecule has 5 heteroatoms. The maximum atomic E-state index is 12.1. The minimum absolute atomic E-state index is 0.333. The molecule has 4 amide bonds. The second-order valence-electron chi connectivity index (χ2n) is 5.52. The van der Waals surface area contributed by atoms with Crippen LogP contribution >= 0.6 is 0 Å². The van der Waals surface area contributed by atoms with Gasteiger partial charge in [-0.15, -0.1) is 0 Å². The maximum absolute atomic E-state index is 12.1. The van der Waals surface area contributed by atoms with Gasteiger partial charge in [0, 0.05) is 6.54 Å². The molecule has 0 aromatic rings. The summed E-state index contributed by atoms with van der Waals surface area (Å²) in [6.45, 7) is 6.62. The Morgan fingerprint density at radius 2 is 1.89 bits per heavy atom. The van der Waals surface area contributed by atoms with Gasteiger partial charge >= 0.3 is 6.03 Å². The van der Waals surface area contributed by atoms with Crippen molar-refractivity contribution < 1.29 is 14.4 Å². The number of rotatable bonds is 7. The number of hydrogen-bond acceptors (Lipinski definition) is 3. The monoisotopic (exact) mass is 268 g/mol. The molecular formula is C14H24N2O3. The summed E-state index contributed by atoms with van der Waals surface area (Å²) in [5.41, 5.74) is 0. The molecule has 1 N–H and O–H groups in total. The van der Waals surface area contributed by atoms with Crippen LogP contribution in [0.2, 0.25) is 0 Å². The SMILES string of the molecule is CCCC1C(=O)NC(=O)N(CCCCC(C)C)C1=O. The van der Waals surface area contributed by atoms with Crippen LogP contribution in [0.15, 0.2) is 0 Å². The first-order chi connectivity index (χ1) is 8.97. The number of hydrogen-bond donors (Lipinski definition) is 1. The molecule has 0 aliphatic carbocycles. The summed E-state index contributed by atoms with van der Waals surface area (Å²) < 4.78 is 0. The van der Waals surface area contributed by atoms with Crippen molar-refractivity contribution in [3.63, 3.8) is 0 Å². The molecule has 19 heavy (non-hydrogen) atoms. The summed E-state index contributed by atoms with van der Waals surface area (Å²) in [6.07, 6.45) is 4.12. The third kappa shape index (κ3) is 4.33. The van der Waals surface area contributed by atoms with Crippen LogP contribution < -0.4 is 5.32 Å². The number of unbranched alkanes of at least 4 members (excludes halogenated alkanes) is 1. The highest BCUT2D eigenvalue weighted by Crippen LogP contribution is 2.17. The Balaban J connectivity index is 2.53. The van der Waals surface area contributed by atoms with E-state index in [-0.39, 0.29) is 5.91 Å². The predicted octanol–water partition coefficient (Wildman–Crippen LogP) is 2.31. The highest BCUT2D eigenvalue weighted by atomic mass is 16.2. The topological polar surface area (TPSA) is 66.5 Å². The normalized spacial score (nSPS) is 20.1. The van der Waals surface area contributed by atoms with Gasteiger partial charge in [-0.05, 0) is 18.8 Å². The predicted molar refractivity (Wildman–Crippen MR) is 72.3 cm³/mol. The molecule has 1 saturated heterocycles. The van der Waals surface area contributed by atoms with Gasteiger partial charge in [-0.1, -0.05) is 40.0 Å². The fourth-order valence-corrected chi connectivity index (χ4v) is 2.24. The first kappa shape index (κ1) is 15.7. The van der Waals surface area contributed by atoms with E-state index in [4.69, 9.17) is 0 Å². The van der Waals surface area contributed by atoms with Crippen molar-refractivity contribution in [3.05, 3.63) is 0 Å². The molecule has 1 aliphatic heterocycles. The van der Waals surface area contributed by atoms with Gasteiger partial charge in [-0.2, -0.15) is 0 Å². The van der Waals surface area contributed by atoms with Gasteiger partial charge in [0.05, 0.1) is 0 Å². The van der Waals surface area contributed by atoms with E-state index >= 15 is 0 Å². The minimum atomic E-state index is -0.687. The molecule has 0 bridgehead atoms. The second kappa shape index (κ2) is 7.26. The molecule has 108 valence electrons. The lowest BCUT2D eigenvalue weighted by molar-refractivity contribution is -0.142. The van der Waals surface area contributed by atoms with E-state index in [0.29, 0.717) is 18.9 Å². The van der Waals surface area contributed by atoms with Gasteiger partial charge in [0.25, 0.3) is 0 Å². The Bertz CT molecular complexity index is 353. The Kier molecular flexibility index (Phi) is 5.99. The molecule has 0 saturated carbocycles. The van der Waals surface area contributed by atoms with Crippen LogP contribution in [0, 0.1) is 11.8 Å². The van der Waals surface area contributed by atoms with Crippen molar-refractivity contribution in [2.45, 2.75) is 52.9 Å². The van der Waals surface area contributed by atoms with Crippen molar-refractivity contribution >= 4 is 17.8 Å². The van der Waals surface area contributed by atoms with Gasteiger partial charge < -0.3 is 0 Å². The van der Waals surface area contributed by atoms with Gasteiger partial charge in [0.1, 0.15) is 5.92 Å². The quantitative estimate of drug-likeness (QED) is 0.569. The van der Waals surface area contributed by atoms with E-state index < -0.39 is 17.9 Å². The summed E-state index contributed by atoms with van der Waals surface area (Å²) in [5.74, 6) is -0.844. The van der Waals surface area contributed by atoms with Crippen LogP contribution in [-0.2, 0) is 9.59 Å². The molecule has 1 atom stereocenters. The number of imide groups is 2. The van der Waals surface area contributed by atoms with Crippen LogP contribution in [0.4, 0.5) is 4.79 Å². The Hall–Kier alpha value is -1.39. The van der Waals surface area contributed by atoms with Gasteiger partial charge in [0.15, 0.2) is 0 Å². The van der Waals surface area contributed by atoms with E-state index in [1.54, 1.807) is 0 Å². The minimum Gasteiger partial charge on any atom is -0.277 e. The summed E-state index contributed by atoms with van der Waals surface area (Å²) in [7, 11) is 0. The molecule has 1 aliphatic rings. The van der Waals surface area contributed by atoms with Crippen LogP contribution in [-0.4, -0.2) is 29.3 Å². The third-order valence-electron chi connectivity index (χ3n) is 3.35. The summed E-state index contributed by atoms with van der Waals surface area (Å²) in [4.78, 5) is 36.6. The molecule has 0 radical (unpaired) electrons. The molecule has 0 aromatic carbocycles. The van der Waals surface area contributed by atoms with Crippen LogP contribution in [0.3, 0.4) is 0 Å². The fourth-order valence-electron chi connectivity index (χ4n) is 2.24. The smallest absolute Gasteiger partial charge is 0.277 e. The molecular weight excluding hydrogens is 244 g/mol. The lowest BCUT2D eigenvalue weighted by Crippen LogP contribution is -2.58. The van der Waals surface area contributed by atoms with Crippen molar-refractivity contribution in [1.82, 2.24) is 10.2 Å². The zero-order valence-electron chi connectivity index (χ0n) is 12.1. The Morgan fingerprint density at radius 1 is 1.21 bits per heavy atom. The molecule has 1 unspecified atom stereocenters. The standard InChI is InChI=1S/C14H24N2O3/c1-4-7-11-12(17)15-14(19)16(13(11)18)9-6-5-8-10(2)3/h10-11H,4-9H2,1-3H3,(H,15,17,19). The van der Waals surface area contributed by atoms with E-state index in [1.165, 1.54) is 4.90 Å². The molecule has 1 fully saturated rings. The number of nitrogens with zero attached hydrogens (tertiary/aromatic N) is 1. The summed E-state index contributed by atoms with van der Waals surface area (Å²) >= 11 is 0.